The van der Waals surface area contributed by atoms with Crippen molar-refractivity contribution in [3.8, 4) is 0 Å². The number of nitrogens with zero attached hydrogens (tertiary/aromatic N) is 2. The largest absolute Gasteiger partial charge is 0.463 e. The number of hydrogen-bond donors (Lipinski definition) is 0. The Bertz CT molecular complexity index is 503. The second kappa shape index (κ2) is 6.37. The summed E-state index contributed by atoms with van der Waals surface area (Å²) in [5.74, 6) is 1.59. The van der Waals surface area contributed by atoms with E-state index in [0.717, 1.165) is 24.4 Å². The summed E-state index contributed by atoms with van der Waals surface area (Å²) in [5, 5.41) is 0. The normalized spacial score (nSPS) is 23.8. The summed E-state index contributed by atoms with van der Waals surface area (Å²) in [4.78, 5) is 9.29. The predicted octanol–water partition coefficient (Wildman–Crippen LogP) is 3.72. The van der Waals surface area contributed by atoms with E-state index in [2.05, 4.69) is 9.98 Å². The Hall–Kier alpha value is -2.10. The summed E-state index contributed by atoms with van der Waals surface area (Å²) in [6, 6.07) is 8.03. The zero-order valence-electron chi connectivity index (χ0n) is 11.3. The van der Waals surface area contributed by atoms with Gasteiger partial charge in [-0.2, -0.15) is 0 Å². The van der Waals surface area contributed by atoms with Crippen molar-refractivity contribution in [3.05, 3.63) is 48.3 Å². The molecule has 3 rings (SSSR count). The third kappa shape index (κ3) is 3.26. The van der Waals surface area contributed by atoms with Crippen LogP contribution in [0.1, 0.15) is 37.2 Å². The van der Waals surface area contributed by atoms with Gasteiger partial charge in [0.15, 0.2) is 0 Å². The van der Waals surface area contributed by atoms with E-state index in [1.54, 1.807) is 12.5 Å². The van der Waals surface area contributed by atoms with E-state index in [9.17, 15) is 0 Å². The quantitative estimate of drug-likeness (QED) is 0.795. The van der Waals surface area contributed by atoms with Gasteiger partial charge in [-0.25, -0.2) is 0 Å². The molecule has 104 valence electrons. The van der Waals surface area contributed by atoms with E-state index in [0.29, 0.717) is 0 Å². The van der Waals surface area contributed by atoms with E-state index in [1.165, 1.54) is 12.8 Å². The molecule has 0 N–H and O–H groups in total. The van der Waals surface area contributed by atoms with Gasteiger partial charge in [0.25, 0.3) is 0 Å². The molecule has 1 saturated carbocycles. The highest BCUT2D eigenvalue weighted by Crippen LogP contribution is 2.24. The zero-order valence-corrected chi connectivity index (χ0v) is 11.3. The Morgan fingerprint density at radius 3 is 1.75 bits per heavy atom. The third-order valence-corrected chi connectivity index (χ3v) is 3.57. The average Bonchev–Trinajstić information content (AvgIpc) is 3.17. The third-order valence-electron chi connectivity index (χ3n) is 3.57. The Labute approximate surface area is 118 Å². The Morgan fingerprint density at radius 1 is 0.850 bits per heavy atom. The van der Waals surface area contributed by atoms with Crippen molar-refractivity contribution in [1.29, 1.82) is 0 Å². The lowest BCUT2D eigenvalue weighted by atomic mass is 9.91. The molecule has 1 fully saturated rings. The molecule has 2 unspecified atom stereocenters. The van der Waals surface area contributed by atoms with Crippen LogP contribution in [0.5, 0.6) is 0 Å². The van der Waals surface area contributed by atoms with Crippen molar-refractivity contribution in [3.63, 3.8) is 0 Å². The van der Waals surface area contributed by atoms with E-state index >= 15 is 0 Å². The maximum atomic E-state index is 5.28. The molecule has 4 heteroatoms. The molecule has 0 amide bonds. The van der Waals surface area contributed by atoms with Crippen LogP contribution in [0, 0.1) is 0 Å². The molecule has 0 aliphatic heterocycles. The maximum absolute atomic E-state index is 5.28. The van der Waals surface area contributed by atoms with Gasteiger partial charge in [-0.05, 0) is 37.1 Å². The topological polar surface area (TPSA) is 51.0 Å². The van der Waals surface area contributed by atoms with Crippen molar-refractivity contribution in [2.75, 3.05) is 0 Å². The van der Waals surface area contributed by atoms with Gasteiger partial charge in [0, 0.05) is 0 Å². The van der Waals surface area contributed by atoms with Crippen LogP contribution in [0.4, 0.5) is 0 Å². The van der Waals surface area contributed by atoms with Gasteiger partial charge in [-0.1, -0.05) is 12.8 Å². The standard InChI is InChI=1S/C16H18N2O2/c1-2-8-16(18-12-14-6-4-10-20-14)15(7-1)17-11-13-5-3-9-19-13/h3-6,9-12,15-16H,1-2,7-8H2/b17-11+,18-12+. The Balaban J connectivity index is 1.67. The summed E-state index contributed by atoms with van der Waals surface area (Å²) in [5.41, 5.74) is 0. The molecule has 20 heavy (non-hydrogen) atoms. The fourth-order valence-corrected chi connectivity index (χ4v) is 2.51. The molecule has 2 aromatic heterocycles. The molecule has 1 aliphatic carbocycles. The molecule has 0 spiro atoms. The molecule has 0 aromatic carbocycles. The van der Waals surface area contributed by atoms with Gasteiger partial charge in [-0.15, -0.1) is 0 Å². The lowest BCUT2D eigenvalue weighted by Gasteiger charge is -2.25. The lowest BCUT2D eigenvalue weighted by Crippen LogP contribution is -2.27. The monoisotopic (exact) mass is 270 g/mol. The Morgan fingerprint density at radius 2 is 1.35 bits per heavy atom. The fourth-order valence-electron chi connectivity index (χ4n) is 2.51. The highest BCUT2D eigenvalue weighted by molar-refractivity contribution is 5.76. The van der Waals surface area contributed by atoms with Crippen LogP contribution in [0.2, 0.25) is 0 Å². The minimum atomic E-state index is 0.236. The van der Waals surface area contributed by atoms with Gasteiger partial charge < -0.3 is 8.83 Å². The lowest BCUT2D eigenvalue weighted by molar-refractivity contribution is 0.389. The van der Waals surface area contributed by atoms with Crippen LogP contribution in [0.25, 0.3) is 0 Å². The highest BCUT2D eigenvalue weighted by atomic mass is 16.3. The molecule has 0 bridgehead atoms. The summed E-state index contributed by atoms with van der Waals surface area (Å²) in [6.45, 7) is 0. The molecule has 2 atom stereocenters. The van der Waals surface area contributed by atoms with Crippen molar-refractivity contribution in [2.24, 2.45) is 9.98 Å². The van der Waals surface area contributed by atoms with Crippen LogP contribution in [-0.4, -0.2) is 24.5 Å². The van der Waals surface area contributed by atoms with Gasteiger partial charge >= 0.3 is 0 Å². The first-order valence-corrected chi connectivity index (χ1v) is 7.05. The summed E-state index contributed by atoms with van der Waals surface area (Å²) in [6.07, 6.45) is 11.5. The number of furan rings is 2. The van der Waals surface area contributed by atoms with Crippen molar-refractivity contribution < 1.29 is 8.83 Å². The number of hydrogen-bond acceptors (Lipinski definition) is 4. The average molecular weight is 270 g/mol. The molecule has 0 saturated heterocycles. The first-order valence-electron chi connectivity index (χ1n) is 7.05. The van der Waals surface area contributed by atoms with E-state index in [1.807, 2.05) is 36.7 Å². The minimum Gasteiger partial charge on any atom is -0.463 e. The van der Waals surface area contributed by atoms with E-state index in [-0.39, 0.29) is 12.1 Å². The first kappa shape index (κ1) is 12.9. The molecule has 0 radical (unpaired) electrons. The Kier molecular flexibility index (Phi) is 4.11. The molecule has 2 aromatic rings. The SMILES string of the molecule is C(=N\C1CCCCC1/N=C/c1ccco1)/c1ccco1. The molecule has 2 heterocycles. The van der Waals surface area contributed by atoms with Gasteiger partial charge in [0.05, 0.1) is 37.0 Å². The summed E-state index contributed by atoms with van der Waals surface area (Å²) in [7, 11) is 0. The smallest absolute Gasteiger partial charge is 0.144 e. The van der Waals surface area contributed by atoms with E-state index in [4.69, 9.17) is 8.83 Å². The molecular weight excluding hydrogens is 252 g/mol. The van der Waals surface area contributed by atoms with Crippen LogP contribution >= 0.6 is 0 Å². The van der Waals surface area contributed by atoms with Crippen LogP contribution in [-0.2, 0) is 0 Å². The van der Waals surface area contributed by atoms with Crippen LogP contribution < -0.4 is 0 Å². The van der Waals surface area contributed by atoms with Crippen LogP contribution in [0.15, 0.2) is 55.6 Å². The second-order valence-electron chi connectivity index (χ2n) is 5.01. The molecular formula is C16H18N2O2. The van der Waals surface area contributed by atoms with Gasteiger partial charge in [0.1, 0.15) is 11.5 Å². The number of rotatable bonds is 4. The first-order chi connectivity index (χ1) is 9.92. The minimum absolute atomic E-state index is 0.236. The van der Waals surface area contributed by atoms with Gasteiger partial charge in [-0.3, -0.25) is 9.98 Å². The number of aliphatic imine (C=N–C) groups is 2. The molecule has 4 nitrogen and oxygen atoms in total. The predicted molar refractivity (Wildman–Crippen MR) is 78.6 cm³/mol. The second-order valence-corrected chi connectivity index (χ2v) is 5.01. The summed E-state index contributed by atoms with van der Waals surface area (Å²) >= 11 is 0. The highest BCUT2D eigenvalue weighted by Gasteiger charge is 2.23. The van der Waals surface area contributed by atoms with Crippen molar-refractivity contribution >= 4 is 12.4 Å². The van der Waals surface area contributed by atoms with Crippen molar-refractivity contribution in [2.45, 2.75) is 37.8 Å². The maximum Gasteiger partial charge on any atom is 0.144 e. The summed E-state index contributed by atoms with van der Waals surface area (Å²) < 4.78 is 10.6. The van der Waals surface area contributed by atoms with Gasteiger partial charge in [0.2, 0.25) is 0 Å². The molecule has 1 aliphatic rings. The van der Waals surface area contributed by atoms with Crippen LogP contribution in [0.3, 0.4) is 0 Å². The van der Waals surface area contributed by atoms with E-state index < -0.39 is 0 Å². The zero-order chi connectivity index (χ0) is 13.6. The fraction of sp³-hybridized carbons (Fsp3) is 0.375. The van der Waals surface area contributed by atoms with Crippen molar-refractivity contribution in [1.82, 2.24) is 0 Å².